The van der Waals surface area contributed by atoms with E-state index in [-0.39, 0.29) is 51.1 Å². The second kappa shape index (κ2) is 8.08. The molecule has 7 heteroatoms. The van der Waals surface area contributed by atoms with Crippen LogP contribution in [0.25, 0.3) is 0 Å². The molecular formula is C28H32NO6-. The van der Waals surface area contributed by atoms with Crippen molar-refractivity contribution < 1.29 is 19.1 Å². The van der Waals surface area contributed by atoms with Crippen molar-refractivity contribution in [1.29, 1.82) is 0 Å². The Bertz CT molecular complexity index is 1290. The van der Waals surface area contributed by atoms with Crippen LogP contribution in [0, 0.1) is 35.8 Å². The number of allylic oxidation sites excluding steroid dienone is 4. The van der Waals surface area contributed by atoms with Gasteiger partial charge >= 0.3 is 0 Å². The Morgan fingerprint density at radius 2 is 1.80 bits per heavy atom. The van der Waals surface area contributed by atoms with E-state index in [1.807, 2.05) is 12.1 Å². The molecule has 1 aliphatic heterocycles. The maximum absolute atomic E-state index is 12.8. The second-order valence-electron chi connectivity index (χ2n) is 10.6. The zero-order valence-electron chi connectivity index (χ0n) is 21.0. The zero-order chi connectivity index (χ0) is 25.3. The third-order valence-electron chi connectivity index (χ3n) is 8.45. The molecule has 1 saturated carbocycles. The van der Waals surface area contributed by atoms with E-state index in [2.05, 4.69) is 32.9 Å². The molecule has 1 aromatic carbocycles. The van der Waals surface area contributed by atoms with Crippen LogP contribution in [-0.2, 0) is 4.74 Å². The minimum absolute atomic E-state index is 0.0864. The predicted octanol–water partition coefficient (Wildman–Crippen LogP) is 5.73. The van der Waals surface area contributed by atoms with Crippen LogP contribution in [0.4, 0.5) is 5.69 Å². The van der Waals surface area contributed by atoms with E-state index < -0.39 is 0 Å². The molecule has 2 fully saturated rings. The van der Waals surface area contributed by atoms with E-state index in [0.29, 0.717) is 29.9 Å². The van der Waals surface area contributed by atoms with Crippen molar-refractivity contribution in [2.45, 2.75) is 53.1 Å². The molecule has 1 aromatic heterocycles. The minimum Gasteiger partial charge on any atom is -0.733 e. The molecule has 3 aliphatic rings. The fraction of sp³-hybridized carbons (Fsp3) is 0.464. The fourth-order valence-corrected chi connectivity index (χ4v) is 7.58. The summed E-state index contributed by atoms with van der Waals surface area (Å²) in [5.41, 5.74) is 4.44. The highest BCUT2D eigenvalue weighted by molar-refractivity contribution is 5.51. The molecule has 0 amide bonds. The van der Waals surface area contributed by atoms with E-state index in [9.17, 15) is 15.2 Å². The van der Waals surface area contributed by atoms with Gasteiger partial charge in [0, 0.05) is 22.3 Å². The van der Waals surface area contributed by atoms with Gasteiger partial charge in [-0.2, -0.15) is 0 Å². The maximum atomic E-state index is 12.8. The number of hydrogen-bond acceptors (Lipinski definition) is 7. The van der Waals surface area contributed by atoms with Crippen molar-refractivity contribution in [1.82, 2.24) is 0 Å². The molecule has 5 rings (SSSR count). The van der Waals surface area contributed by atoms with E-state index >= 15 is 0 Å². The molecule has 5 unspecified atom stereocenters. The number of rotatable bonds is 4. The van der Waals surface area contributed by atoms with Crippen LogP contribution in [0.2, 0.25) is 0 Å². The molecule has 1 saturated heterocycles. The number of benzene rings is 1. The van der Waals surface area contributed by atoms with E-state index in [1.165, 1.54) is 18.3 Å². The number of ether oxygens (including phenoxy) is 2. The summed E-state index contributed by atoms with van der Waals surface area (Å²) in [6, 6.07) is 7.15. The lowest BCUT2D eigenvalue weighted by Gasteiger charge is -2.67. The summed E-state index contributed by atoms with van der Waals surface area (Å²) >= 11 is 0. The summed E-state index contributed by atoms with van der Waals surface area (Å²) in [6.07, 6.45) is 4.94. The van der Waals surface area contributed by atoms with Crippen LogP contribution in [-0.4, -0.2) is 18.9 Å². The van der Waals surface area contributed by atoms with Gasteiger partial charge in [0.05, 0.1) is 25.0 Å². The molecule has 2 aliphatic carbocycles. The number of anilines is 1. The molecule has 0 radical (unpaired) electrons. The SMILES string of the molecule is COc1oc(C2CC3(CO2)C2C(C)=CC(C)=CC2(C)C3c2ccc(N([O-])O)cc2)c(C)c(=O)c1C. The summed E-state index contributed by atoms with van der Waals surface area (Å²) in [6.45, 7) is 10.6. The van der Waals surface area contributed by atoms with Crippen molar-refractivity contribution in [3.63, 3.8) is 0 Å². The maximum Gasteiger partial charge on any atom is 0.291 e. The first-order valence-corrected chi connectivity index (χ1v) is 12.0. The topological polar surface area (TPSA) is 95.2 Å². The molecule has 5 atom stereocenters. The van der Waals surface area contributed by atoms with Gasteiger partial charge in [-0.05, 0) is 57.7 Å². The van der Waals surface area contributed by atoms with Crippen LogP contribution in [0.3, 0.4) is 0 Å². The van der Waals surface area contributed by atoms with E-state index in [4.69, 9.17) is 13.9 Å². The Hall–Kier alpha value is -2.87. The van der Waals surface area contributed by atoms with Crippen LogP contribution >= 0.6 is 0 Å². The van der Waals surface area contributed by atoms with Gasteiger partial charge in [-0.15, -0.1) is 0 Å². The van der Waals surface area contributed by atoms with Crippen LogP contribution in [0.5, 0.6) is 5.95 Å². The minimum atomic E-state index is -0.363. The molecular weight excluding hydrogens is 446 g/mol. The summed E-state index contributed by atoms with van der Waals surface area (Å²) < 4.78 is 17.8. The zero-order valence-corrected chi connectivity index (χ0v) is 21.0. The van der Waals surface area contributed by atoms with Crippen LogP contribution in [0.1, 0.15) is 61.7 Å². The van der Waals surface area contributed by atoms with E-state index in [1.54, 1.807) is 26.0 Å². The average Bonchev–Trinajstić information content (AvgIpc) is 3.23. The molecule has 2 aromatic rings. The molecule has 35 heavy (non-hydrogen) atoms. The van der Waals surface area contributed by atoms with Crippen LogP contribution < -0.4 is 15.4 Å². The average molecular weight is 479 g/mol. The van der Waals surface area contributed by atoms with Crippen molar-refractivity contribution in [2.24, 2.45) is 16.7 Å². The molecule has 186 valence electrons. The summed E-state index contributed by atoms with van der Waals surface area (Å²) in [5, 5.41) is 20.5. The number of fused-ring (bicyclic) bond motifs is 2. The Morgan fingerprint density at radius 1 is 1.11 bits per heavy atom. The molecule has 1 N–H and O–H groups in total. The Kier molecular flexibility index (Phi) is 5.51. The van der Waals surface area contributed by atoms with E-state index in [0.717, 1.165) is 5.56 Å². The normalized spacial score (nSPS) is 31.5. The first kappa shape index (κ1) is 23.9. The second-order valence-corrected chi connectivity index (χ2v) is 10.6. The quantitative estimate of drug-likeness (QED) is 0.561. The van der Waals surface area contributed by atoms with Gasteiger partial charge in [0.1, 0.15) is 11.9 Å². The lowest BCUT2D eigenvalue weighted by molar-refractivity contribution is -0.101. The van der Waals surface area contributed by atoms with Crippen molar-refractivity contribution in [3.05, 3.63) is 85.4 Å². The predicted molar refractivity (Wildman–Crippen MR) is 133 cm³/mol. The van der Waals surface area contributed by atoms with Gasteiger partial charge in [0.15, 0.2) is 5.43 Å². The van der Waals surface area contributed by atoms with Crippen molar-refractivity contribution in [2.75, 3.05) is 18.9 Å². The summed E-state index contributed by atoms with van der Waals surface area (Å²) in [4.78, 5) is 12.8. The lowest BCUT2D eigenvalue weighted by Crippen LogP contribution is -2.62. The van der Waals surface area contributed by atoms with Crippen molar-refractivity contribution in [3.8, 4) is 5.95 Å². The largest absolute Gasteiger partial charge is 0.733 e. The molecule has 7 nitrogen and oxygen atoms in total. The molecule has 1 spiro atoms. The van der Waals surface area contributed by atoms with Gasteiger partial charge in [-0.3, -0.25) is 10.0 Å². The highest BCUT2D eigenvalue weighted by Crippen LogP contribution is 2.76. The van der Waals surface area contributed by atoms with Gasteiger partial charge in [-0.1, -0.05) is 42.4 Å². The Labute approximate surface area is 205 Å². The smallest absolute Gasteiger partial charge is 0.291 e. The fourth-order valence-electron chi connectivity index (χ4n) is 7.58. The number of methoxy groups -OCH3 is 1. The highest BCUT2D eigenvalue weighted by atomic mass is 16.8. The first-order chi connectivity index (χ1) is 16.5. The van der Waals surface area contributed by atoms with Gasteiger partial charge in [-0.25, -0.2) is 0 Å². The number of hydrogen-bond donors (Lipinski definition) is 1. The standard InChI is InChI=1S/C28H32NO6/c1-15-11-16(2)24-27(5,12-15)25(19-7-9-20(10-8-19)29(31)32)28(24)13-21(34-14-28)23-17(3)22(30)18(4)26(33-6)35-23/h7-12,21,24-25,31H,13-14H2,1-6H3/q-1. The summed E-state index contributed by atoms with van der Waals surface area (Å²) in [7, 11) is 1.50. The summed E-state index contributed by atoms with van der Waals surface area (Å²) in [5.74, 6) is 1.14. The molecule has 2 heterocycles. The Balaban J connectivity index is 1.59. The Morgan fingerprint density at radius 3 is 2.43 bits per heavy atom. The van der Waals surface area contributed by atoms with Crippen LogP contribution in [0.15, 0.2) is 56.8 Å². The third kappa shape index (κ3) is 3.33. The van der Waals surface area contributed by atoms with Crippen molar-refractivity contribution >= 4 is 5.69 Å². The first-order valence-electron chi connectivity index (χ1n) is 12.0. The van der Waals surface area contributed by atoms with Gasteiger partial charge < -0.3 is 24.3 Å². The lowest BCUT2D eigenvalue weighted by atomic mass is 9.35. The monoisotopic (exact) mass is 478 g/mol. The highest BCUT2D eigenvalue weighted by Gasteiger charge is 2.71. The van der Waals surface area contributed by atoms with Gasteiger partial charge in [0.25, 0.3) is 5.95 Å². The number of nitrogens with zero attached hydrogens (tertiary/aromatic N) is 1. The molecule has 0 bridgehead atoms. The van der Waals surface area contributed by atoms with Gasteiger partial charge in [0.2, 0.25) is 0 Å². The third-order valence-corrected chi connectivity index (χ3v) is 8.45.